The Morgan fingerprint density at radius 2 is 1.65 bits per heavy atom. The molecule has 2 N–H and O–H groups in total. The summed E-state index contributed by atoms with van der Waals surface area (Å²) in [6, 6.07) is 6.37. The molecule has 0 saturated carbocycles. The molecule has 1 unspecified atom stereocenters. The predicted octanol–water partition coefficient (Wildman–Crippen LogP) is 5.08. The second kappa shape index (κ2) is 4.63. The van der Waals surface area contributed by atoms with Gasteiger partial charge in [-0.2, -0.15) is 0 Å². The van der Waals surface area contributed by atoms with Crippen LogP contribution in [0.3, 0.4) is 0 Å². The Hall–Kier alpha value is -1.28. The van der Waals surface area contributed by atoms with Crippen LogP contribution >= 0.6 is 0 Å². The van der Waals surface area contributed by atoms with E-state index in [4.69, 9.17) is 10.2 Å². The zero-order valence-corrected chi connectivity index (χ0v) is 13.8. The molecule has 0 amide bonds. The zero-order chi connectivity index (χ0) is 15.3. The predicted molar refractivity (Wildman–Crippen MR) is 86.0 cm³/mol. The van der Waals surface area contributed by atoms with Crippen LogP contribution in [0, 0.1) is 12.3 Å². The maximum atomic E-state index is 6.35. The quantitative estimate of drug-likeness (QED) is 0.786. The summed E-state index contributed by atoms with van der Waals surface area (Å²) in [5.41, 5.74) is 9.88. The topological polar surface area (TPSA) is 39.2 Å². The van der Waals surface area contributed by atoms with Crippen molar-refractivity contribution in [3.63, 3.8) is 0 Å². The number of hydrogen-bond acceptors (Lipinski definition) is 2. The molecule has 0 aliphatic rings. The van der Waals surface area contributed by atoms with Crippen molar-refractivity contribution in [2.75, 3.05) is 0 Å². The van der Waals surface area contributed by atoms with E-state index in [1.54, 1.807) is 0 Å². The lowest BCUT2D eigenvalue weighted by molar-refractivity contribution is 0.289. The van der Waals surface area contributed by atoms with Crippen LogP contribution in [0.25, 0.3) is 11.0 Å². The number of furan rings is 1. The fourth-order valence-electron chi connectivity index (χ4n) is 2.45. The SMILES string of the molecule is Cc1ccc(C(C)(C)C)c2oc(C(N)C(C)(C)C)cc12. The Balaban J connectivity index is 2.67. The van der Waals surface area contributed by atoms with E-state index >= 15 is 0 Å². The van der Waals surface area contributed by atoms with Crippen LogP contribution in [0.4, 0.5) is 0 Å². The standard InChI is InChI=1S/C18H27NO/c1-11-8-9-13(17(2,3)4)15-12(11)10-14(20-15)16(19)18(5,6)7/h8-10,16H,19H2,1-7H3. The second-order valence-electron chi connectivity index (χ2n) is 7.92. The van der Waals surface area contributed by atoms with Crippen LogP contribution in [0.2, 0.25) is 0 Å². The van der Waals surface area contributed by atoms with Crippen molar-refractivity contribution in [3.8, 4) is 0 Å². The van der Waals surface area contributed by atoms with E-state index < -0.39 is 0 Å². The van der Waals surface area contributed by atoms with E-state index in [0.717, 1.165) is 11.3 Å². The molecule has 0 saturated heterocycles. The molecule has 0 aliphatic heterocycles. The molecule has 0 bridgehead atoms. The van der Waals surface area contributed by atoms with Crippen molar-refractivity contribution in [1.29, 1.82) is 0 Å². The van der Waals surface area contributed by atoms with Gasteiger partial charge in [0, 0.05) is 10.9 Å². The van der Waals surface area contributed by atoms with E-state index in [-0.39, 0.29) is 16.9 Å². The molecule has 1 heterocycles. The third kappa shape index (κ3) is 2.62. The van der Waals surface area contributed by atoms with E-state index in [9.17, 15) is 0 Å². The second-order valence-corrected chi connectivity index (χ2v) is 7.92. The molecule has 0 aliphatic carbocycles. The molecule has 2 aromatic rings. The maximum Gasteiger partial charge on any atom is 0.138 e. The highest BCUT2D eigenvalue weighted by Crippen LogP contribution is 2.38. The number of fused-ring (bicyclic) bond motifs is 1. The van der Waals surface area contributed by atoms with Crippen LogP contribution in [-0.2, 0) is 5.41 Å². The highest BCUT2D eigenvalue weighted by molar-refractivity contribution is 5.85. The minimum absolute atomic E-state index is 0.0102. The Kier molecular flexibility index (Phi) is 3.50. The van der Waals surface area contributed by atoms with Crippen LogP contribution in [0.15, 0.2) is 22.6 Å². The highest BCUT2D eigenvalue weighted by Gasteiger charge is 2.27. The van der Waals surface area contributed by atoms with Crippen LogP contribution in [0.5, 0.6) is 0 Å². The van der Waals surface area contributed by atoms with Gasteiger partial charge in [0.05, 0.1) is 6.04 Å². The fourth-order valence-corrected chi connectivity index (χ4v) is 2.45. The third-order valence-electron chi connectivity index (χ3n) is 3.97. The molecule has 1 atom stereocenters. The molecule has 20 heavy (non-hydrogen) atoms. The van der Waals surface area contributed by atoms with Crippen LogP contribution in [-0.4, -0.2) is 0 Å². The molecule has 0 radical (unpaired) electrons. The van der Waals surface area contributed by atoms with E-state index in [1.165, 1.54) is 16.5 Å². The number of nitrogens with two attached hydrogens (primary N) is 1. The Bertz CT molecular complexity index is 623. The smallest absolute Gasteiger partial charge is 0.138 e. The van der Waals surface area contributed by atoms with Gasteiger partial charge in [0.2, 0.25) is 0 Å². The van der Waals surface area contributed by atoms with Gasteiger partial charge >= 0.3 is 0 Å². The van der Waals surface area contributed by atoms with Crippen LogP contribution in [0.1, 0.15) is 64.5 Å². The Morgan fingerprint density at radius 3 is 2.15 bits per heavy atom. The molecule has 1 aromatic heterocycles. The first-order valence-corrected chi connectivity index (χ1v) is 7.31. The molecule has 1 aromatic carbocycles. The Labute approximate surface area is 122 Å². The van der Waals surface area contributed by atoms with Gasteiger partial charge in [0.25, 0.3) is 0 Å². The average molecular weight is 273 g/mol. The minimum Gasteiger partial charge on any atom is -0.459 e. The van der Waals surface area contributed by atoms with Gasteiger partial charge in [-0.1, -0.05) is 53.7 Å². The van der Waals surface area contributed by atoms with E-state index in [2.05, 4.69) is 66.7 Å². The van der Waals surface area contributed by atoms with Crippen molar-refractivity contribution < 1.29 is 4.42 Å². The van der Waals surface area contributed by atoms with Gasteiger partial charge in [-0.25, -0.2) is 0 Å². The van der Waals surface area contributed by atoms with Gasteiger partial charge in [0.15, 0.2) is 0 Å². The van der Waals surface area contributed by atoms with E-state index in [1.807, 2.05) is 0 Å². The molecule has 2 nitrogen and oxygen atoms in total. The van der Waals surface area contributed by atoms with Gasteiger partial charge in [0.1, 0.15) is 11.3 Å². The van der Waals surface area contributed by atoms with E-state index in [0.29, 0.717) is 0 Å². The molecule has 2 rings (SSSR count). The first-order chi connectivity index (χ1) is 9.01. The molecule has 110 valence electrons. The van der Waals surface area contributed by atoms with Crippen LogP contribution < -0.4 is 5.73 Å². The lowest BCUT2D eigenvalue weighted by atomic mass is 9.85. The molecule has 0 fully saturated rings. The normalized spacial score (nSPS) is 14.8. The summed E-state index contributed by atoms with van der Waals surface area (Å²) in [7, 11) is 0. The summed E-state index contributed by atoms with van der Waals surface area (Å²) in [5, 5.41) is 1.19. The van der Waals surface area contributed by atoms with Gasteiger partial charge in [-0.05, 0) is 29.4 Å². The maximum absolute atomic E-state index is 6.35. The number of hydrogen-bond donors (Lipinski definition) is 1. The third-order valence-corrected chi connectivity index (χ3v) is 3.97. The number of benzene rings is 1. The number of rotatable bonds is 1. The molecular weight excluding hydrogens is 246 g/mol. The highest BCUT2D eigenvalue weighted by atomic mass is 16.3. The first kappa shape index (κ1) is 15.1. The summed E-state index contributed by atoms with van der Waals surface area (Å²) in [4.78, 5) is 0. The average Bonchev–Trinajstić information content (AvgIpc) is 2.70. The summed E-state index contributed by atoms with van der Waals surface area (Å²) >= 11 is 0. The fraction of sp³-hybridized carbons (Fsp3) is 0.556. The minimum atomic E-state index is -0.0953. The lowest BCUT2D eigenvalue weighted by Gasteiger charge is -2.25. The monoisotopic (exact) mass is 273 g/mol. The Morgan fingerprint density at radius 1 is 1.05 bits per heavy atom. The molecule has 2 heteroatoms. The summed E-state index contributed by atoms with van der Waals surface area (Å²) in [6.45, 7) is 15.2. The molecule has 0 spiro atoms. The van der Waals surface area contributed by atoms with Crippen molar-refractivity contribution in [2.24, 2.45) is 11.1 Å². The van der Waals surface area contributed by atoms with Gasteiger partial charge in [-0.3, -0.25) is 0 Å². The van der Waals surface area contributed by atoms with Gasteiger partial charge < -0.3 is 10.2 Å². The summed E-state index contributed by atoms with van der Waals surface area (Å²) in [6.07, 6.45) is 0. The number of aryl methyl sites for hydroxylation is 1. The first-order valence-electron chi connectivity index (χ1n) is 7.31. The van der Waals surface area contributed by atoms with Crippen molar-refractivity contribution in [3.05, 3.63) is 35.1 Å². The summed E-state index contributed by atoms with van der Waals surface area (Å²) in [5.74, 6) is 0.882. The summed E-state index contributed by atoms with van der Waals surface area (Å²) < 4.78 is 6.17. The van der Waals surface area contributed by atoms with Gasteiger partial charge in [-0.15, -0.1) is 0 Å². The largest absolute Gasteiger partial charge is 0.459 e. The van der Waals surface area contributed by atoms with Crippen molar-refractivity contribution >= 4 is 11.0 Å². The van der Waals surface area contributed by atoms with Crippen molar-refractivity contribution in [2.45, 2.75) is 59.9 Å². The zero-order valence-electron chi connectivity index (χ0n) is 13.8. The van der Waals surface area contributed by atoms with Crippen molar-refractivity contribution in [1.82, 2.24) is 0 Å². The molecular formula is C18H27NO. The lowest BCUT2D eigenvalue weighted by Crippen LogP contribution is -2.25.